The second kappa shape index (κ2) is 4.31. The molecule has 1 heterocycles. The third-order valence-corrected chi connectivity index (χ3v) is 2.35. The van der Waals surface area contributed by atoms with Crippen LogP contribution in [0.1, 0.15) is 5.56 Å². The molecule has 5 heteroatoms. The van der Waals surface area contributed by atoms with E-state index < -0.39 is 0 Å². The van der Waals surface area contributed by atoms with Crippen LogP contribution in [0.25, 0.3) is 0 Å². The van der Waals surface area contributed by atoms with Gasteiger partial charge in [-0.05, 0) is 17.7 Å². The van der Waals surface area contributed by atoms with Crippen molar-refractivity contribution in [1.29, 1.82) is 0 Å². The molecular weight excluding hydrogens is 214 g/mol. The number of aromatic nitrogens is 3. The lowest BCUT2D eigenvalue weighted by molar-refractivity contribution is 0.414. The van der Waals surface area contributed by atoms with Gasteiger partial charge in [-0.3, -0.25) is 0 Å². The fourth-order valence-electron chi connectivity index (χ4n) is 1.26. The van der Waals surface area contributed by atoms with Crippen LogP contribution >= 0.6 is 11.6 Å². The lowest BCUT2D eigenvalue weighted by Crippen LogP contribution is -2.01. The van der Waals surface area contributed by atoms with Gasteiger partial charge in [0.2, 0.25) is 0 Å². The van der Waals surface area contributed by atoms with Crippen LogP contribution in [0.3, 0.4) is 0 Å². The molecule has 0 aliphatic rings. The normalized spacial score (nSPS) is 10.3. The molecule has 2 rings (SSSR count). The number of ether oxygens (including phenoxy) is 1. The highest BCUT2D eigenvalue weighted by atomic mass is 35.5. The van der Waals surface area contributed by atoms with E-state index in [1.165, 1.54) is 6.20 Å². The Bertz CT molecular complexity index is 438. The van der Waals surface area contributed by atoms with Gasteiger partial charge in [0, 0.05) is 0 Å². The van der Waals surface area contributed by atoms with Crippen LogP contribution in [0.2, 0.25) is 5.15 Å². The maximum atomic E-state index is 5.86. The van der Waals surface area contributed by atoms with Gasteiger partial charge in [-0.15, -0.1) is 5.10 Å². The van der Waals surface area contributed by atoms with Crippen molar-refractivity contribution >= 4 is 11.6 Å². The van der Waals surface area contributed by atoms with Crippen molar-refractivity contribution in [3.63, 3.8) is 0 Å². The van der Waals surface area contributed by atoms with Crippen molar-refractivity contribution in [3.05, 3.63) is 41.2 Å². The van der Waals surface area contributed by atoms with E-state index in [1.54, 1.807) is 11.8 Å². The highest BCUT2D eigenvalue weighted by Crippen LogP contribution is 2.13. The second-order valence-electron chi connectivity index (χ2n) is 3.06. The zero-order valence-corrected chi connectivity index (χ0v) is 8.98. The molecule has 0 saturated heterocycles. The van der Waals surface area contributed by atoms with E-state index in [0.717, 1.165) is 11.3 Å². The second-order valence-corrected chi connectivity index (χ2v) is 3.45. The summed E-state index contributed by atoms with van der Waals surface area (Å²) in [5.74, 6) is 0.837. The van der Waals surface area contributed by atoms with E-state index in [1.807, 2.05) is 24.3 Å². The maximum absolute atomic E-state index is 5.86. The van der Waals surface area contributed by atoms with E-state index >= 15 is 0 Å². The van der Waals surface area contributed by atoms with Gasteiger partial charge in [0.15, 0.2) is 0 Å². The predicted octanol–water partition coefficient (Wildman–Crippen LogP) is 1.99. The largest absolute Gasteiger partial charge is 0.497 e. The zero-order chi connectivity index (χ0) is 10.7. The number of rotatable bonds is 3. The first-order valence-corrected chi connectivity index (χ1v) is 4.84. The van der Waals surface area contributed by atoms with Crippen LogP contribution in [0, 0.1) is 0 Å². The van der Waals surface area contributed by atoms with Crippen molar-refractivity contribution < 1.29 is 4.74 Å². The summed E-state index contributed by atoms with van der Waals surface area (Å²) in [4.78, 5) is 0. The molecule has 0 atom stereocenters. The molecule has 0 spiro atoms. The molecule has 0 bridgehead atoms. The molecule has 15 heavy (non-hydrogen) atoms. The summed E-state index contributed by atoms with van der Waals surface area (Å²) in [6.45, 7) is 0.614. The van der Waals surface area contributed by atoms with Gasteiger partial charge >= 0.3 is 0 Å². The van der Waals surface area contributed by atoms with E-state index in [2.05, 4.69) is 10.3 Å². The van der Waals surface area contributed by atoms with Crippen molar-refractivity contribution in [2.45, 2.75) is 6.54 Å². The molecule has 2 aromatic rings. The lowest BCUT2D eigenvalue weighted by Gasteiger charge is -2.03. The van der Waals surface area contributed by atoms with Crippen molar-refractivity contribution in [2.24, 2.45) is 0 Å². The van der Waals surface area contributed by atoms with Gasteiger partial charge in [0.05, 0.1) is 19.9 Å². The van der Waals surface area contributed by atoms with Gasteiger partial charge in [0.1, 0.15) is 10.9 Å². The Kier molecular flexibility index (Phi) is 2.87. The topological polar surface area (TPSA) is 39.9 Å². The summed E-state index contributed by atoms with van der Waals surface area (Å²) in [6.07, 6.45) is 1.52. The molecular formula is C10H10ClN3O. The molecule has 0 unspecified atom stereocenters. The van der Waals surface area contributed by atoms with Gasteiger partial charge in [0.25, 0.3) is 0 Å². The van der Waals surface area contributed by atoms with E-state index in [9.17, 15) is 0 Å². The van der Waals surface area contributed by atoms with Gasteiger partial charge in [-0.1, -0.05) is 28.9 Å². The zero-order valence-electron chi connectivity index (χ0n) is 8.22. The average Bonchev–Trinajstić information content (AvgIpc) is 2.66. The molecule has 0 fully saturated rings. The van der Waals surface area contributed by atoms with Crippen LogP contribution in [0.15, 0.2) is 30.5 Å². The molecule has 1 aromatic heterocycles. The third kappa shape index (κ3) is 2.27. The summed E-state index contributed by atoms with van der Waals surface area (Å²) in [7, 11) is 1.64. The summed E-state index contributed by atoms with van der Waals surface area (Å²) in [5.41, 5.74) is 1.10. The first kappa shape index (κ1) is 9.98. The maximum Gasteiger partial charge on any atom is 0.147 e. The number of nitrogens with zero attached hydrogens (tertiary/aromatic N) is 3. The van der Waals surface area contributed by atoms with E-state index in [0.29, 0.717) is 11.7 Å². The minimum absolute atomic E-state index is 0.533. The Morgan fingerprint density at radius 2 is 2.07 bits per heavy atom. The quantitative estimate of drug-likeness (QED) is 0.799. The molecule has 0 saturated carbocycles. The molecule has 0 aliphatic heterocycles. The molecule has 0 N–H and O–H groups in total. The fourth-order valence-corrected chi connectivity index (χ4v) is 1.39. The minimum Gasteiger partial charge on any atom is -0.497 e. The molecule has 0 aliphatic carbocycles. The number of methoxy groups -OCH3 is 1. The first-order chi connectivity index (χ1) is 7.29. The van der Waals surface area contributed by atoms with Gasteiger partial charge in [-0.2, -0.15) is 0 Å². The summed E-state index contributed by atoms with van der Waals surface area (Å²) < 4.78 is 6.70. The van der Waals surface area contributed by atoms with Crippen LogP contribution in [0.4, 0.5) is 0 Å². The van der Waals surface area contributed by atoms with Crippen LogP contribution < -0.4 is 4.74 Å². The SMILES string of the molecule is COc1ccc(Cn2nncc2Cl)cc1. The van der Waals surface area contributed by atoms with Crippen LogP contribution in [-0.2, 0) is 6.54 Å². The Morgan fingerprint density at radius 1 is 1.33 bits per heavy atom. The van der Waals surface area contributed by atoms with E-state index in [-0.39, 0.29) is 0 Å². The molecule has 0 radical (unpaired) electrons. The highest BCUT2D eigenvalue weighted by molar-refractivity contribution is 6.29. The third-order valence-electron chi connectivity index (χ3n) is 2.06. The predicted molar refractivity (Wildman–Crippen MR) is 57.1 cm³/mol. The molecule has 78 valence electrons. The lowest BCUT2D eigenvalue weighted by atomic mass is 10.2. The van der Waals surface area contributed by atoms with Crippen molar-refractivity contribution in [3.8, 4) is 5.75 Å². The summed E-state index contributed by atoms with van der Waals surface area (Å²) in [6, 6.07) is 7.74. The van der Waals surface area contributed by atoms with Crippen LogP contribution in [0.5, 0.6) is 5.75 Å². The average molecular weight is 224 g/mol. The van der Waals surface area contributed by atoms with Crippen molar-refractivity contribution in [2.75, 3.05) is 7.11 Å². The monoisotopic (exact) mass is 223 g/mol. The smallest absolute Gasteiger partial charge is 0.147 e. The van der Waals surface area contributed by atoms with Gasteiger partial charge < -0.3 is 4.74 Å². The number of halogens is 1. The standard InChI is InChI=1S/C10H10ClN3O/c1-15-9-4-2-8(3-5-9)7-14-10(11)6-12-13-14/h2-6H,7H2,1H3. The Balaban J connectivity index is 2.14. The highest BCUT2D eigenvalue weighted by Gasteiger charge is 2.01. The first-order valence-electron chi connectivity index (χ1n) is 4.46. The Labute approximate surface area is 92.4 Å². The van der Waals surface area contributed by atoms with Gasteiger partial charge in [-0.25, -0.2) is 4.68 Å². The Morgan fingerprint density at radius 3 is 2.60 bits per heavy atom. The van der Waals surface area contributed by atoms with Crippen molar-refractivity contribution in [1.82, 2.24) is 15.0 Å². The molecule has 0 amide bonds. The summed E-state index contributed by atoms with van der Waals surface area (Å²) in [5, 5.41) is 8.10. The Hall–Kier alpha value is -1.55. The number of hydrogen-bond donors (Lipinski definition) is 0. The fraction of sp³-hybridized carbons (Fsp3) is 0.200. The minimum atomic E-state index is 0.533. The molecule has 1 aromatic carbocycles. The summed E-state index contributed by atoms with van der Waals surface area (Å²) >= 11 is 5.86. The number of hydrogen-bond acceptors (Lipinski definition) is 3. The van der Waals surface area contributed by atoms with E-state index in [4.69, 9.17) is 16.3 Å². The molecule has 4 nitrogen and oxygen atoms in total. The number of benzene rings is 1. The van der Waals surface area contributed by atoms with Crippen LogP contribution in [-0.4, -0.2) is 22.1 Å².